The number of nitrogens with zero attached hydrogens (tertiary/aromatic N) is 1. The van der Waals surface area contributed by atoms with Crippen LogP contribution < -0.4 is 10.5 Å². The van der Waals surface area contributed by atoms with E-state index in [0.29, 0.717) is 28.6 Å². The van der Waals surface area contributed by atoms with Crippen LogP contribution >= 0.6 is 0 Å². The first-order chi connectivity index (χ1) is 11.0. The van der Waals surface area contributed by atoms with E-state index in [2.05, 4.69) is 0 Å². The number of aromatic nitrogens is 1. The Labute approximate surface area is 132 Å². The van der Waals surface area contributed by atoms with E-state index in [-0.39, 0.29) is 0 Å². The van der Waals surface area contributed by atoms with Gasteiger partial charge in [-0.25, -0.2) is 4.79 Å². The highest BCUT2D eigenvalue weighted by Crippen LogP contribution is 2.37. The van der Waals surface area contributed by atoms with Crippen molar-refractivity contribution in [2.75, 3.05) is 6.61 Å². The van der Waals surface area contributed by atoms with Gasteiger partial charge in [0, 0.05) is 17.5 Å². The molecule has 0 unspecified atom stereocenters. The van der Waals surface area contributed by atoms with Crippen molar-refractivity contribution in [3.05, 3.63) is 42.0 Å². The van der Waals surface area contributed by atoms with Crippen molar-refractivity contribution in [1.82, 2.24) is 4.57 Å². The number of nitrogens with two attached hydrogens (primary N) is 1. The van der Waals surface area contributed by atoms with Gasteiger partial charge in [0.1, 0.15) is 5.75 Å². The molecule has 0 fully saturated rings. The Morgan fingerprint density at radius 3 is 2.39 bits per heavy atom. The normalized spacial score (nSPS) is 11.0. The zero-order valence-electron chi connectivity index (χ0n) is 12.6. The van der Waals surface area contributed by atoms with E-state index in [1.54, 1.807) is 24.3 Å². The number of carboxylic acids is 1. The minimum atomic E-state index is -1.06. The molecular formula is C17H16N2O4. The van der Waals surface area contributed by atoms with E-state index in [1.165, 1.54) is 0 Å². The number of benzene rings is 2. The standard InChI is InChI=1S/C17H16N2O4/c1-2-19-11-6-3-5-10(17(18)22)15(11)16-12(19)7-4-8-13(16)23-9-14(20)21/h3-8H,2,9H2,1H3,(H2,18,22)(H,20,21). The highest BCUT2D eigenvalue weighted by molar-refractivity contribution is 6.19. The van der Waals surface area contributed by atoms with Gasteiger partial charge in [-0.2, -0.15) is 0 Å². The van der Waals surface area contributed by atoms with Crippen LogP contribution in [-0.4, -0.2) is 28.2 Å². The van der Waals surface area contributed by atoms with Gasteiger partial charge in [0.15, 0.2) is 6.61 Å². The first-order valence-electron chi connectivity index (χ1n) is 7.23. The number of carboxylic acid groups (broad SMARTS) is 1. The molecule has 0 aliphatic heterocycles. The predicted octanol–water partition coefficient (Wildman–Crippen LogP) is 2.38. The van der Waals surface area contributed by atoms with Crippen LogP contribution in [0.25, 0.3) is 21.8 Å². The Balaban J connectivity index is 2.41. The third kappa shape index (κ3) is 2.38. The average molecular weight is 312 g/mol. The lowest BCUT2D eigenvalue weighted by atomic mass is 10.1. The van der Waals surface area contributed by atoms with Crippen LogP contribution in [0.5, 0.6) is 5.75 Å². The van der Waals surface area contributed by atoms with Crippen LogP contribution in [0.4, 0.5) is 0 Å². The van der Waals surface area contributed by atoms with Crippen molar-refractivity contribution in [1.29, 1.82) is 0 Å². The number of ether oxygens (including phenoxy) is 1. The van der Waals surface area contributed by atoms with E-state index in [1.807, 2.05) is 23.6 Å². The Hall–Kier alpha value is -3.02. The summed E-state index contributed by atoms with van der Waals surface area (Å²) in [5.41, 5.74) is 7.65. The van der Waals surface area contributed by atoms with Gasteiger partial charge in [0.25, 0.3) is 0 Å². The molecule has 0 aliphatic carbocycles. The van der Waals surface area contributed by atoms with E-state index < -0.39 is 18.5 Å². The van der Waals surface area contributed by atoms with Gasteiger partial charge in [0.2, 0.25) is 5.91 Å². The summed E-state index contributed by atoms with van der Waals surface area (Å²) in [5.74, 6) is -1.16. The van der Waals surface area contributed by atoms with Gasteiger partial charge in [-0.1, -0.05) is 12.1 Å². The lowest BCUT2D eigenvalue weighted by Gasteiger charge is -2.06. The fraction of sp³-hybridized carbons (Fsp3) is 0.176. The van der Waals surface area contributed by atoms with Crippen molar-refractivity contribution in [2.45, 2.75) is 13.5 Å². The molecule has 118 valence electrons. The van der Waals surface area contributed by atoms with Crippen LogP contribution in [-0.2, 0) is 11.3 Å². The molecule has 0 saturated carbocycles. The van der Waals surface area contributed by atoms with Crippen LogP contribution in [0.1, 0.15) is 17.3 Å². The van der Waals surface area contributed by atoms with Crippen LogP contribution in [0.2, 0.25) is 0 Å². The molecule has 0 saturated heterocycles. The van der Waals surface area contributed by atoms with Gasteiger partial charge in [0.05, 0.1) is 16.4 Å². The molecule has 1 amide bonds. The summed E-state index contributed by atoms with van der Waals surface area (Å²) in [4.78, 5) is 22.6. The number of aryl methyl sites for hydroxylation is 1. The zero-order valence-corrected chi connectivity index (χ0v) is 12.6. The summed E-state index contributed by atoms with van der Waals surface area (Å²) >= 11 is 0. The number of fused-ring (bicyclic) bond motifs is 3. The second-order valence-electron chi connectivity index (χ2n) is 5.14. The second kappa shape index (κ2) is 5.64. The molecule has 2 aromatic carbocycles. The Kier molecular flexibility index (Phi) is 3.65. The quantitative estimate of drug-likeness (QED) is 0.756. The third-order valence-electron chi connectivity index (χ3n) is 3.81. The maximum atomic E-state index is 11.8. The number of hydrogen-bond donors (Lipinski definition) is 2. The molecule has 3 N–H and O–H groups in total. The average Bonchev–Trinajstić information content (AvgIpc) is 2.86. The van der Waals surface area contributed by atoms with Crippen molar-refractivity contribution in [3.63, 3.8) is 0 Å². The van der Waals surface area contributed by atoms with Crippen molar-refractivity contribution >= 4 is 33.7 Å². The number of primary amides is 1. The summed E-state index contributed by atoms with van der Waals surface area (Å²) in [5, 5.41) is 10.3. The number of amides is 1. The number of aliphatic carboxylic acids is 1. The van der Waals surface area contributed by atoms with Gasteiger partial charge in [-0.3, -0.25) is 4.79 Å². The highest BCUT2D eigenvalue weighted by Gasteiger charge is 2.19. The highest BCUT2D eigenvalue weighted by atomic mass is 16.5. The maximum absolute atomic E-state index is 11.8. The van der Waals surface area contributed by atoms with Gasteiger partial charge < -0.3 is 20.1 Å². The summed E-state index contributed by atoms with van der Waals surface area (Å²) in [7, 11) is 0. The van der Waals surface area contributed by atoms with Crippen molar-refractivity contribution < 1.29 is 19.4 Å². The molecule has 3 rings (SSSR count). The first-order valence-corrected chi connectivity index (χ1v) is 7.23. The van der Waals surface area contributed by atoms with Gasteiger partial charge in [-0.15, -0.1) is 0 Å². The summed E-state index contributed by atoms with van der Waals surface area (Å²) in [6, 6.07) is 10.8. The molecule has 0 bridgehead atoms. The largest absolute Gasteiger partial charge is 0.481 e. The lowest BCUT2D eigenvalue weighted by Crippen LogP contribution is -2.11. The maximum Gasteiger partial charge on any atom is 0.341 e. The molecule has 23 heavy (non-hydrogen) atoms. The van der Waals surface area contributed by atoms with Gasteiger partial charge in [-0.05, 0) is 31.2 Å². The predicted molar refractivity (Wildman–Crippen MR) is 86.8 cm³/mol. The van der Waals surface area contributed by atoms with Crippen LogP contribution in [0, 0.1) is 0 Å². The Bertz CT molecular complexity index is 927. The molecule has 1 heterocycles. The number of hydrogen-bond acceptors (Lipinski definition) is 3. The van der Waals surface area contributed by atoms with Crippen LogP contribution in [0.3, 0.4) is 0 Å². The molecule has 3 aromatic rings. The molecule has 6 nitrogen and oxygen atoms in total. The smallest absolute Gasteiger partial charge is 0.341 e. The van der Waals surface area contributed by atoms with E-state index in [0.717, 1.165) is 11.0 Å². The minimum absolute atomic E-state index is 0.395. The minimum Gasteiger partial charge on any atom is -0.481 e. The molecule has 0 atom stereocenters. The third-order valence-corrected chi connectivity index (χ3v) is 3.81. The van der Waals surface area contributed by atoms with E-state index >= 15 is 0 Å². The summed E-state index contributed by atoms with van der Waals surface area (Å²) in [6.07, 6.45) is 0. The Morgan fingerprint density at radius 2 is 1.78 bits per heavy atom. The van der Waals surface area contributed by atoms with E-state index in [4.69, 9.17) is 15.6 Å². The van der Waals surface area contributed by atoms with Crippen molar-refractivity contribution in [2.24, 2.45) is 5.73 Å². The topological polar surface area (TPSA) is 94.6 Å². The monoisotopic (exact) mass is 312 g/mol. The molecule has 0 radical (unpaired) electrons. The summed E-state index contributed by atoms with van der Waals surface area (Å²) < 4.78 is 7.46. The number of rotatable bonds is 5. The molecule has 1 aromatic heterocycles. The molecular weight excluding hydrogens is 296 g/mol. The molecule has 6 heteroatoms. The zero-order chi connectivity index (χ0) is 16.6. The number of carbonyl (C=O) groups is 2. The van der Waals surface area contributed by atoms with Gasteiger partial charge >= 0.3 is 5.97 Å². The fourth-order valence-electron chi connectivity index (χ4n) is 2.96. The first kappa shape index (κ1) is 14.9. The molecule has 0 aliphatic rings. The second-order valence-corrected chi connectivity index (χ2v) is 5.14. The SMILES string of the molecule is CCn1c2cccc(OCC(=O)O)c2c2c(C(N)=O)cccc21. The summed E-state index contributed by atoms with van der Waals surface area (Å²) in [6.45, 7) is 2.25. The van der Waals surface area contributed by atoms with E-state index in [9.17, 15) is 9.59 Å². The number of carbonyl (C=O) groups excluding carboxylic acids is 1. The van der Waals surface area contributed by atoms with Crippen LogP contribution in [0.15, 0.2) is 36.4 Å². The molecule has 0 spiro atoms. The Morgan fingerprint density at radius 1 is 1.13 bits per heavy atom. The fourth-order valence-corrected chi connectivity index (χ4v) is 2.96. The van der Waals surface area contributed by atoms with Crippen molar-refractivity contribution in [3.8, 4) is 5.75 Å². The lowest BCUT2D eigenvalue weighted by molar-refractivity contribution is -0.139.